The Morgan fingerprint density at radius 3 is 2.29 bits per heavy atom. The molecule has 3 amide bonds. The van der Waals surface area contributed by atoms with Crippen molar-refractivity contribution in [1.29, 1.82) is 0 Å². The summed E-state index contributed by atoms with van der Waals surface area (Å²) in [4.78, 5) is 28.4. The molecule has 8 heteroatoms. The van der Waals surface area contributed by atoms with Gasteiger partial charge in [-0.05, 0) is 36.4 Å². The van der Waals surface area contributed by atoms with Crippen molar-refractivity contribution in [3.8, 4) is 11.5 Å². The number of benzene rings is 2. The number of anilines is 1. The van der Waals surface area contributed by atoms with Crippen molar-refractivity contribution >= 4 is 17.6 Å². The Hall–Kier alpha value is -3.29. The summed E-state index contributed by atoms with van der Waals surface area (Å²) in [6.07, 6.45) is -0.686. The molecule has 0 unspecified atom stereocenters. The van der Waals surface area contributed by atoms with Gasteiger partial charge in [-0.1, -0.05) is 12.1 Å². The van der Waals surface area contributed by atoms with E-state index in [-0.39, 0.29) is 24.4 Å². The first-order chi connectivity index (χ1) is 13.6. The summed E-state index contributed by atoms with van der Waals surface area (Å²) in [6, 6.07) is 12.6. The van der Waals surface area contributed by atoms with Crippen LogP contribution in [0.3, 0.4) is 0 Å². The topological polar surface area (TPSA) is 71.1 Å². The van der Waals surface area contributed by atoms with Crippen molar-refractivity contribution in [2.45, 2.75) is 6.10 Å². The second-order valence-corrected chi connectivity index (χ2v) is 6.61. The Labute approximate surface area is 161 Å². The first-order valence-corrected chi connectivity index (χ1v) is 9.09. The monoisotopic (exact) mass is 385 g/mol. The molecule has 0 radical (unpaired) electrons. The summed E-state index contributed by atoms with van der Waals surface area (Å²) >= 11 is 0. The lowest BCUT2D eigenvalue weighted by Crippen LogP contribution is -2.55. The van der Waals surface area contributed by atoms with Crippen molar-refractivity contribution in [1.82, 2.24) is 9.80 Å². The SMILES string of the molecule is O=C(Nc1ccc(F)cc1)N1CCN(C(=O)[C@@H]2COc3ccccc3O2)CC1. The standard InChI is InChI=1S/C20H20FN3O4/c21-14-5-7-15(8-6-14)22-20(26)24-11-9-23(10-12-24)19(25)18-13-27-16-3-1-2-4-17(16)28-18/h1-8,18H,9-13H2,(H,22,26)/t18-/m0/s1. The largest absolute Gasteiger partial charge is 0.485 e. The van der Waals surface area contributed by atoms with Gasteiger partial charge in [-0.3, -0.25) is 4.79 Å². The maximum absolute atomic E-state index is 13.0. The van der Waals surface area contributed by atoms with Gasteiger partial charge >= 0.3 is 6.03 Å². The van der Waals surface area contributed by atoms with Gasteiger partial charge in [-0.25, -0.2) is 9.18 Å². The Kier molecular flexibility index (Phi) is 5.01. The Balaban J connectivity index is 1.29. The van der Waals surface area contributed by atoms with Crippen molar-refractivity contribution in [2.24, 2.45) is 0 Å². The number of amides is 3. The van der Waals surface area contributed by atoms with E-state index >= 15 is 0 Å². The second kappa shape index (κ2) is 7.75. The van der Waals surface area contributed by atoms with E-state index in [9.17, 15) is 14.0 Å². The molecule has 2 heterocycles. The number of fused-ring (bicyclic) bond motifs is 1. The first-order valence-electron chi connectivity index (χ1n) is 9.09. The van der Waals surface area contributed by atoms with Crippen LogP contribution < -0.4 is 14.8 Å². The molecule has 0 spiro atoms. The predicted octanol–water partition coefficient (Wildman–Crippen LogP) is 2.34. The highest BCUT2D eigenvalue weighted by Crippen LogP contribution is 2.31. The molecule has 4 rings (SSSR count). The van der Waals surface area contributed by atoms with Crippen LogP contribution in [0.2, 0.25) is 0 Å². The predicted molar refractivity (Wildman–Crippen MR) is 99.9 cm³/mol. The molecule has 1 saturated heterocycles. The maximum Gasteiger partial charge on any atom is 0.321 e. The lowest BCUT2D eigenvalue weighted by Gasteiger charge is -2.37. The highest BCUT2D eigenvalue weighted by molar-refractivity contribution is 5.89. The first kappa shape index (κ1) is 18.1. The van der Waals surface area contributed by atoms with E-state index in [1.54, 1.807) is 21.9 Å². The summed E-state index contributed by atoms with van der Waals surface area (Å²) in [5, 5.41) is 2.73. The van der Waals surface area contributed by atoms with Gasteiger partial charge in [0.25, 0.3) is 5.91 Å². The van der Waals surface area contributed by atoms with Crippen LogP contribution in [0.15, 0.2) is 48.5 Å². The summed E-state index contributed by atoms with van der Waals surface area (Å²) in [7, 11) is 0. The summed E-state index contributed by atoms with van der Waals surface area (Å²) in [6.45, 7) is 1.81. The van der Waals surface area contributed by atoms with Crippen LogP contribution in [0.4, 0.5) is 14.9 Å². The summed E-state index contributed by atoms with van der Waals surface area (Å²) in [5.41, 5.74) is 0.524. The number of hydrogen-bond donors (Lipinski definition) is 1. The van der Waals surface area contributed by atoms with Crippen LogP contribution in [-0.2, 0) is 4.79 Å². The van der Waals surface area contributed by atoms with E-state index in [1.165, 1.54) is 24.3 Å². The molecule has 0 aromatic heterocycles. The van der Waals surface area contributed by atoms with Gasteiger partial charge in [-0.2, -0.15) is 0 Å². The normalized spacial score (nSPS) is 18.5. The van der Waals surface area contributed by atoms with Gasteiger partial charge in [0.05, 0.1) is 0 Å². The summed E-state index contributed by atoms with van der Waals surface area (Å²) in [5.74, 6) is 0.688. The number of ether oxygens (including phenoxy) is 2. The molecule has 1 atom stereocenters. The average Bonchev–Trinajstić information content (AvgIpc) is 2.74. The third-order valence-corrected chi connectivity index (χ3v) is 4.76. The Morgan fingerprint density at radius 2 is 1.57 bits per heavy atom. The molecule has 28 heavy (non-hydrogen) atoms. The number of halogens is 1. The van der Waals surface area contributed by atoms with Crippen molar-refractivity contribution in [2.75, 3.05) is 38.1 Å². The zero-order valence-electron chi connectivity index (χ0n) is 15.1. The molecule has 2 aliphatic heterocycles. The zero-order valence-corrected chi connectivity index (χ0v) is 15.1. The fourth-order valence-corrected chi connectivity index (χ4v) is 3.21. The average molecular weight is 385 g/mol. The molecular formula is C20H20FN3O4. The molecule has 2 aliphatic rings. The third-order valence-electron chi connectivity index (χ3n) is 4.76. The van der Waals surface area contributed by atoms with Gasteiger partial charge in [0.1, 0.15) is 12.4 Å². The summed E-state index contributed by atoms with van der Waals surface area (Å²) < 4.78 is 24.3. The lowest BCUT2D eigenvalue weighted by atomic mass is 10.2. The fraction of sp³-hybridized carbons (Fsp3) is 0.300. The van der Waals surface area contributed by atoms with E-state index in [0.29, 0.717) is 43.4 Å². The molecule has 1 N–H and O–H groups in total. The van der Waals surface area contributed by atoms with Crippen LogP contribution in [0.25, 0.3) is 0 Å². The Bertz CT molecular complexity index is 866. The molecule has 0 bridgehead atoms. The van der Waals surface area contributed by atoms with Crippen LogP contribution in [0.1, 0.15) is 0 Å². The highest BCUT2D eigenvalue weighted by atomic mass is 19.1. The fourth-order valence-electron chi connectivity index (χ4n) is 3.21. The number of nitrogens with zero attached hydrogens (tertiary/aromatic N) is 2. The van der Waals surface area contributed by atoms with E-state index in [4.69, 9.17) is 9.47 Å². The van der Waals surface area contributed by atoms with Crippen LogP contribution in [0.5, 0.6) is 11.5 Å². The minimum absolute atomic E-state index is 0.145. The van der Waals surface area contributed by atoms with Gasteiger partial charge in [0.15, 0.2) is 11.5 Å². The van der Waals surface area contributed by atoms with Crippen molar-refractivity contribution in [3.63, 3.8) is 0 Å². The van der Waals surface area contributed by atoms with Crippen molar-refractivity contribution in [3.05, 3.63) is 54.3 Å². The van der Waals surface area contributed by atoms with Gasteiger partial charge in [0.2, 0.25) is 6.10 Å². The van der Waals surface area contributed by atoms with Gasteiger partial charge in [-0.15, -0.1) is 0 Å². The minimum Gasteiger partial charge on any atom is -0.485 e. The second-order valence-electron chi connectivity index (χ2n) is 6.61. The number of carbonyl (C=O) groups excluding carboxylic acids is 2. The molecule has 7 nitrogen and oxygen atoms in total. The van der Waals surface area contributed by atoms with Crippen LogP contribution >= 0.6 is 0 Å². The number of para-hydroxylation sites is 2. The number of hydrogen-bond acceptors (Lipinski definition) is 4. The van der Waals surface area contributed by atoms with E-state index in [0.717, 1.165) is 0 Å². The zero-order chi connectivity index (χ0) is 19.5. The quantitative estimate of drug-likeness (QED) is 0.862. The van der Waals surface area contributed by atoms with Gasteiger partial charge in [0, 0.05) is 31.9 Å². The van der Waals surface area contributed by atoms with E-state index < -0.39 is 6.10 Å². The molecule has 0 saturated carbocycles. The number of rotatable bonds is 2. The minimum atomic E-state index is -0.686. The molecule has 0 aliphatic carbocycles. The Morgan fingerprint density at radius 1 is 0.929 bits per heavy atom. The molecule has 2 aromatic carbocycles. The van der Waals surface area contributed by atoms with Crippen molar-refractivity contribution < 1.29 is 23.5 Å². The molecule has 1 fully saturated rings. The lowest BCUT2D eigenvalue weighted by molar-refractivity contribution is -0.142. The molecular weight excluding hydrogens is 365 g/mol. The highest BCUT2D eigenvalue weighted by Gasteiger charge is 2.33. The van der Waals surface area contributed by atoms with E-state index in [2.05, 4.69) is 5.32 Å². The molecule has 2 aromatic rings. The number of piperazine rings is 1. The third kappa shape index (κ3) is 3.85. The van der Waals surface area contributed by atoms with Crippen LogP contribution in [0, 0.1) is 5.82 Å². The van der Waals surface area contributed by atoms with Gasteiger partial charge < -0.3 is 24.6 Å². The van der Waals surface area contributed by atoms with E-state index in [1.807, 2.05) is 12.1 Å². The van der Waals surface area contributed by atoms with Crippen LogP contribution in [-0.4, -0.2) is 60.6 Å². The smallest absolute Gasteiger partial charge is 0.321 e. The molecule has 146 valence electrons. The number of carbonyl (C=O) groups is 2. The maximum atomic E-state index is 13.0. The number of urea groups is 1. The number of nitrogens with one attached hydrogen (secondary N) is 1.